The van der Waals surface area contributed by atoms with Crippen molar-refractivity contribution in [3.05, 3.63) is 106 Å². The summed E-state index contributed by atoms with van der Waals surface area (Å²) in [6.07, 6.45) is 1.87. The number of fused-ring (bicyclic) bond motifs is 5. The zero-order chi connectivity index (χ0) is 32.1. The zero-order valence-electron chi connectivity index (χ0n) is 24.0. The smallest absolute Gasteiger partial charge is 0.258 e. The first-order valence-electron chi connectivity index (χ1n) is 14.9. The normalized spacial score (nSPS) is 30.5. The third kappa shape index (κ3) is 3.82. The van der Waals surface area contributed by atoms with Crippen LogP contribution in [0.4, 0.5) is 10.1 Å². The molecule has 4 aliphatic rings. The van der Waals surface area contributed by atoms with Gasteiger partial charge in [-0.3, -0.25) is 24.1 Å². The number of aromatic hydroxyl groups is 1. The molecule has 2 aliphatic carbocycles. The summed E-state index contributed by atoms with van der Waals surface area (Å²) < 4.78 is 13.9. The highest BCUT2D eigenvalue weighted by Crippen LogP contribution is 2.66. The number of hydrogen-bond acceptors (Lipinski definition) is 6. The van der Waals surface area contributed by atoms with Crippen LogP contribution in [0, 0.1) is 23.6 Å². The number of carbonyl (C=O) groups excluding carboxylic acids is 4. The number of thiophene rings is 1. The van der Waals surface area contributed by atoms with Crippen LogP contribution in [-0.4, -0.2) is 43.4 Å². The third-order valence-corrected chi connectivity index (χ3v) is 12.4. The molecular formula is C35H25Cl2FN2O5S. The molecule has 8 rings (SSSR count). The number of anilines is 1. The van der Waals surface area contributed by atoms with Gasteiger partial charge in [-0.2, -0.15) is 0 Å². The molecule has 6 unspecified atom stereocenters. The van der Waals surface area contributed by atoms with Crippen LogP contribution in [0.5, 0.6) is 5.75 Å². The Morgan fingerprint density at radius 2 is 1.65 bits per heavy atom. The molecule has 2 saturated heterocycles. The third-order valence-electron chi connectivity index (χ3n) is 10.1. The molecule has 232 valence electrons. The van der Waals surface area contributed by atoms with Gasteiger partial charge in [-0.15, -0.1) is 34.5 Å². The van der Waals surface area contributed by atoms with Crippen LogP contribution in [0.1, 0.15) is 29.2 Å². The van der Waals surface area contributed by atoms with E-state index >= 15 is 0 Å². The summed E-state index contributed by atoms with van der Waals surface area (Å²) in [6.45, 7) is 0.139. The van der Waals surface area contributed by atoms with Gasteiger partial charge in [0.15, 0.2) is 9.75 Å². The predicted molar refractivity (Wildman–Crippen MR) is 172 cm³/mol. The van der Waals surface area contributed by atoms with E-state index in [0.29, 0.717) is 11.0 Å². The fraction of sp³-hybridized carbons (Fsp3) is 0.257. The molecule has 3 heterocycles. The number of hydrogen-bond donors (Lipinski definition) is 1. The van der Waals surface area contributed by atoms with Gasteiger partial charge < -0.3 is 5.11 Å². The number of halogens is 3. The summed E-state index contributed by atoms with van der Waals surface area (Å²) in [5, 5.41) is 14.9. The molecule has 1 aromatic heterocycles. The van der Waals surface area contributed by atoms with Gasteiger partial charge in [0.2, 0.25) is 11.8 Å². The monoisotopic (exact) mass is 674 g/mol. The Kier molecular flexibility index (Phi) is 6.53. The van der Waals surface area contributed by atoms with Crippen molar-refractivity contribution < 1.29 is 28.7 Å². The number of carbonyl (C=O) groups is 4. The molecule has 0 spiro atoms. The van der Waals surface area contributed by atoms with E-state index in [-0.39, 0.29) is 48.2 Å². The lowest BCUT2D eigenvalue weighted by Crippen LogP contribution is -2.60. The van der Waals surface area contributed by atoms with Crippen LogP contribution >= 0.6 is 34.5 Å². The number of imide groups is 2. The van der Waals surface area contributed by atoms with Gasteiger partial charge in [-0.05, 0) is 59.9 Å². The second kappa shape index (κ2) is 10.2. The summed E-state index contributed by atoms with van der Waals surface area (Å²) in [5.41, 5.74) is 0.957. The Morgan fingerprint density at radius 3 is 2.39 bits per heavy atom. The van der Waals surface area contributed by atoms with E-state index in [1.54, 1.807) is 24.3 Å². The van der Waals surface area contributed by atoms with Crippen LogP contribution < -0.4 is 4.90 Å². The van der Waals surface area contributed by atoms with Crippen LogP contribution in [0.25, 0.3) is 10.8 Å². The number of benzene rings is 3. The first-order chi connectivity index (χ1) is 22.1. The molecule has 4 amide bonds. The molecule has 1 saturated carbocycles. The maximum absolute atomic E-state index is 14.5. The summed E-state index contributed by atoms with van der Waals surface area (Å²) in [6, 6.07) is 19.2. The highest BCUT2D eigenvalue weighted by Gasteiger charge is 2.76. The van der Waals surface area contributed by atoms with Crippen molar-refractivity contribution in [2.45, 2.75) is 35.1 Å². The van der Waals surface area contributed by atoms with Crippen molar-refractivity contribution in [2.75, 3.05) is 4.90 Å². The van der Waals surface area contributed by atoms with Crippen molar-refractivity contribution in [2.24, 2.45) is 17.8 Å². The SMILES string of the molecule is O=C1C2CC=C3C(CC4(Cl)C(=O)N(c5ccc(F)cc5)C(=O)C4(Cl)C3c3ccc4ccccc4c3O)C2C(=O)N1Cc1cccs1. The van der Waals surface area contributed by atoms with Gasteiger partial charge in [0.05, 0.1) is 24.1 Å². The quantitative estimate of drug-likeness (QED) is 0.151. The summed E-state index contributed by atoms with van der Waals surface area (Å²) in [7, 11) is 0. The summed E-state index contributed by atoms with van der Waals surface area (Å²) in [4.78, 5) is 55.5. The Balaban J connectivity index is 1.31. The minimum Gasteiger partial charge on any atom is -0.507 e. The molecule has 3 fully saturated rings. The number of phenols is 1. The number of rotatable bonds is 4. The highest BCUT2D eigenvalue weighted by molar-refractivity contribution is 7.09. The molecule has 0 radical (unpaired) electrons. The van der Waals surface area contributed by atoms with Crippen molar-refractivity contribution in [3.8, 4) is 5.75 Å². The van der Waals surface area contributed by atoms with Gasteiger partial charge in [-0.1, -0.05) is 54.1 Å². The lowest BCUT2D eigenvalue weighted by Gasteiger charge is -2.50. The largest absolute Gasteiger partial charge is 0.507 e. The standard InChI is InChI=1S/C35H25Cl2FN2O5S/c36-34-16-26-23(13-14-24-27(26)31(43)39(30(24)42)17-21-5-3-15-46-21)28(25-12-7-18-4-1-2-6-22(18)29(25)41)35(34,37)33(45)40(32(34)44)20-10-8-19(38)9-11-20/h1-13,15,24,26-28,41H,14,16-17H2. The van der Waals surface area contributed by atoms with Gasteiger partial charge >= 0.3 is 0 Å². The fourth-order valence-electron chi connectivity index (χ4n) is 8.03. The lowest BCUT2D eigenvalue weighted by molar-refractivity contribution is -0.141. The van der Waals surface area contributed by atoms with Crippen molar-refractivity contribution >= 4 is 74.6 Å². The van der Waals surface area contributed by atoms with E-state index < -0.39 is 51.1 Å². The second-order valence-corrected chi connectivity index (χ2v) is 14.6. The average Bonchev–Trinajstić information content (AvgIpc) is 3.69. The van der Waals surface area contributed by atoms with Gasteiger partial charge in [-0.25, -0.2) is 9.29 Å². The average molecular weight is 676 g/mol. The van der Waals surface area contributed by atoms with E-state index in [4.69, 9.17) is 23.2 Å². The lowest BCUT2D eigenvalue weighted by atomic mass is 9.56. The molecular weight excluding hydrogens is 650 g/mol. The van der Waals surface area contributed by atoms with Crippen molar-refractivity contribution in [1.82, 2.24) is 4.90 Å². The summed E-state index contributed by atoms with van der Waals surface area (Å²) >= 11 is 16.3. The predicted octanol–water partition coefficient (Wildman–Crippen LogP) is 6.51. The number of alkyl halides is 2. The summed E-state index contributed by atoms with van der Waals surface area (Å²) in [5.74, 6) is -6.33. The first kappa shape index (κ1) is 29.4. The van der Waals surface area contributed by atoms with Crippen LogP contribution in [-0.2, 0) is 25.7 Å². The number of likely N-dealkylation sites (tertiary alicyclic amines) is 1. The highest BCUT2D eigenvalue weighted by atomic mass is 35.5. The number of nitrogens with zero attached hydrogens (tertiary/aromatic N) is 2. The first-order valence-corrected chi connectivity index (χ1v) is 16.5. The maximum Gasteiger partial charge on any atom is 0.258 e. The van der Waals surface area contributed by atoms with Crippen LogP contribution in [0.2, 0.25) is 0 Å². The molecule has 3 aromatic carbocycles. The molecule has 1 N–H and O–H groups in total. The number of allylic oxidation sites excluding steroid dienone is 2. The second-order valence-electron chi connectivity index (χ2n) is 12.3. The van der Waals surface area contributed by atoms with Gasteiger partial charge in [0.25, 0.3) is 11.8 Å². The zero-order valence-corrected chi connectivity index (χ0v) is 26.4. The molecule has 7 nitrogen and oxygen atoms in total. The molecule has 11 heteroatoms. The van der Waals surface area contributed by atoms with Gasteiger partial charge in [0.1, 0.15) is 11.6 Å². The van der Waals surface area contributed by atoms with Crippen LogP contribution in [0.15, 0.2) is 89.8 Å². The Bertz CT molecular complexity index is 2020. The van der Waals surface area contributed by atoms with Crippen LogP contribution in [0.3, 0.4) is 0 Å². The molecule has 46 heavy (non-hydrogen) atoms. The molecule has 4 aromatic rings. The minimum absolute atomic E-state index is 0.0939. The molecule has 2 aliphatic heterocycles. The van der Waals surface area contributed by atoms with Crippen molar-refractivity contribution in [3.63, 3.8) is 0 Å². The Hall–Kier alpha value is -4.05. The number of amides is 4. The maximum atomic E-state index is 14.5. The topological polar surface area (TPSA) is 95.0 Å². The van der Waals surface area contributed by atoms with E-state index in [1.165, 1.54) is 28.4 Å². The van der Waals surface area contributed by atoms with Crippen molar-refractivity contribution in [1.29, 1.82) is 0 Å². The van der Waals surface area contributed by atoms with E-state index in [9.17, 15) is 28.7 Å². The minimum atomic E-state index is -2.13. The van der Waals surface area contributed by atoms with E-state index in [1.807, 2.05) is 35.7 Å². The Labute approximate surface area is 276 Å². The Morgan fingerprint density at radius 1 is 0.891 bits per heavy atom. The molecule has 0 bridgehead atoms. The molecule has 6 atom stereocenters. The van der Waals surface area contributed by atoms with E-state index in [2.05, 4.69) is 0 Å². The van der Waals surface area contributed by atoms with Gasteiger partial charge in [0, 0.05) is 21.7 Å². The number of phenolic OH excluding ortho intramolecular Hbond substituents is 1. The fourth-order valence-corrected chi connectivity index (χ4v) is 9.65. The van der Waals surface area contributed by atoms with E-state index in [0.717, 1.165) is 27.3 Å².